The van der Waals surface area contributed by atoms with Gasteiger partial charge in [0, 0.05) is 11.1 Å². The van der Waals surface area contributed by atoms with Gasteiger partial charge in [-0.05, 0) is 12.1 Å². The molecule has 1 heterocycles. The zero-order chi connectivity index (χ0) is 13.1. The fraction of sp³-hybridized carbons (Fsp3) is 0.200. The molecular formula is C15H14O4. The third-order valence-electron chi connectivity index (χ3n) is 2.94. The summed E-state index contributed by atoms with van der Waals surface area (Å²) in [5, 5.41) is 0. The standard InChI is InChI=1S/C15H14O4/c1-16-13-9-7-12(8-10-13)15-17-14(18-19-15)11-5-3-2-4-6-11/h2-10,14-15H,1H3/t14-,15-/m0/s1. The number of ether oxygens (including phenoxy) is 2. The van der Waals surface area contributed by atoms with Crippen LogP contribution in [0.2, 0.25) is 0 Å². The van der Waals surface area contributed by atoms with Gasteiger partial charge in [-0.2, -0.15) is 9.78 Å². The molecule has 1 aliphatic rings. The monoisotopic (exact) mass is 258 g/mol. The molecule has 2 aromatic rings. The lowest BCUT2D eigenvalue weighted by molar-refractivity contribution is -0.300. The van der Waals surface area contributed by atoms with Crippen molar-refractivity contribution >= 4 is 0 Å². The van der Waals surface area contributed by atoms with Crippen LogP contribution in [-0.4, -0.2) is 7.11 Å². The van der Waals surface area contributed by atoms with Gasteiger partial charge in [0.15, 0.2) is 0 Å². The first-order valence-electron chi connectivity index (χ1n) is 6.03. The van der Waals surface area contributed by atoms with Gasteiger partial charge < -0.3 is 9.47 Å². The number of methoxy groups -OCH3 is 1. The number of hydrogen-bond acceptors (Lipinski definition) is 4. The Bertz CT molecular complexity index is 524. The molecular weight excluding hydrogens is 244 g/mol. The van der Waals surface area contributed by atoms with Gasteiger partial charge in [0.25, 0.3) is 0 Å². The predicted octanol–water partition coefficient (Wildman–Crippen LogP) is 3.37. The number of hydrogen-bond donors (Lipinski definition) is 0. The van der Waals surface area contributed by atoms with Gasteiger partial charge in [-0.15, -0.1) is 0 Å². The van der Waals surface area contributed by atoms with E-state index in [9.17, 15) is 0 Å². The van der Waals surface area contributed by atoms with E-state index < -0.39 is 12.6 Å². The van der Waals surface area contributed by atoms with E-state index in [4.69, 9.17) is 19.2 Å². The highest BCUT2D eigenvalue weighted by Crippen LogP contribution is 2.36. The van der Waals surface area contributed by atoms with Gasteiger partial charge >= 0.3 is 0 Å². The summed E-state index contributed by atoms with van der Waals surface area (Å²) in [7, 11) is 1.63. The van der Waals surface area contributed by atoms with Gasteiger partial charge in [0.1, 0.15) is 5.75 Å². The molecule has 0 amide bonds. The van der Waals surface area contributed by atoms with Crippen LogP contribution in [0.5, 0.6) is 5.75 Å². The summed E-state index contributed by atoms with van der Waals surface area (Å²) >= 11 is 0. The third-order valence-corrected chi connectivity index (χ3v) is 2.94. The summed E-state index contributed by atoms with van der Waals surface area (Å²) in [6, 6.07) is 17.2. The second kappa shape index (κ2) is 5.40. The molecule has 0 unspecified atom stereocenters. The second-order valence-electron chi connectivity index (χ2n) is 4.18. The van der Waals surface area contributed by atoms with Gasteiger partial charge in [-0.3, -0.25) is 0 Å². The summed E-state index contributed by atoms with van der Waals surface area (Å²) in [6.07, 6.45) is -1.01. The molecule has 0 saturated carbocycles. The molecule has 2 aromatic carbocycles. The van der Waals surface area contributed by atoms with Crippen molar-refractivity contribution in [2.45, 2.75) is 12.6 Å². The Labute approximate surface area is 111 Å². The Balaban J connectivity index is 1.71. The maximum absolute atomic E-state index is 5.72. The molecule has 4 nitrogen and oxygen atoms in total. The van der Waals surface area contributed by atoms with Gasteiger partial charge in [0.2, 0.25) is 12.6 Å². The maximum atomic E-state index is 5.72. The Morgan fingerprint density at radius 1 is 0.789 bits per heavy atom. The van der Waals surface area contributed by atoms with Crippen molar-refractivity contribution in [3.05, 3.63) is 65.7 Å². The molecule has 0 N–H and O–H groups in total. The zero-order valence-corrected chi connectivity index (χ0v) is 10.5. The molecule has 19 heavy (non-hydrogen) atoms. The summed E-state index contributed by atoms with van der Waals surface area (Å²) in [6.45, 7) is 0. The van der Waals surface area contributed by atoms with Crippen molar-refractivity contribution in [3.63, 3.8) is 0 Å². The van der Waals surface area contributed by atoms with Crippen LogP contribution in [-0.2, 0) is 14.5 Å². The smallest absolute Gasteiger partial charge is 0.220 e. The van der Waals surface area contributed by atoms with Crippen LogP contribution < -0.4 is 4.74 Å². The lowest BCUT2D eigenvalue weighted by Gasteiger charge is -2.09. The first-order chi connectivity index (χ1) is 9.36. The fourth-order valence-corrected chi connectivity index (χ4v) is 1.90. The Morgan fingerprint density at radius 3 is 1.95 bits per heavy atom. The lowest BCUT2D eigenvalue weighted by atomic mass is 10.2. The molecule has 0 spiro atoms. The van der Waals surface area contributed by atoms with E-state index in [2.05, 4.69) is 0 Å². The van der Waals surface area contributed by atoms with Crippen LogP contribution >= 0.6 is 0 Å². The molecule has 0 aliphatic carbocycles. The van der Waals surface area contributed by atoms with E-state index in [1.54, 1.807) is 7.11 Å². The summed E-state index contributed by atoms with van der Waals surface area (Å²) < 4.78 is 10.8. The SMILES string of the molecule is COc1ccc([C@@H]2OO[C@@H](c3ccccc3)O2)cc1. The van der Waals surface area contributed by atoms with Crippen LogP contribution in [0, 0.1) is 0 Å². The second-order valence-corrected chi connectivity index (χ2v) is 4.18. The quantitative estimate of drug-likeness (QED) is 0.791. The van der Waals surface area contributed by atoms with E-state index in [0.717, 1.165) is 16.9 Å². The van der Waals surface area contributed by atoms with Gasteiger partial charge in [-0.1, -0.05) is 42.5 Å². The highest BCUT2D eigenvalue weighted by atomic mass is 17.3. The molecule has 98 valence electrons. The summed E-state index contributed by atoms with van der Waals surface area (Å²) in [5.74, 6) is 0.794. The molecule has 2 atom stereocenters. The summed E-state index contributed by atoms with van der Waals surface area (Å²) in [5.41, 5.74) is 1.82. The van der Waals surface area contributed by atoms with E-state index in [1.165, 1.54) is 0 Å². The molecule has 0 bridgehead atoms. The number of benzene rings is 2. The van der Waals surface area contributed by atoms with Crippen LogP contribution in [0.15, 0.2) is 54.6 Å². The first-order valence-corrected chi connectivity index (χ1v) is 6.03. The van der Waals surface area contributed by atoms with Crippen molar-refractivity contribution in [1.82, 2.24) is 0 Å². The topological polar surface area (TPSA) is 36.9 Å². The molecule has 1 fully saturated rings. The normalized spacial score (nSPS) is 22.4. The number of rotatable bonds is 3. The largest absolute Gasteiger partial charge is 0.497 e. The van der Waals surface area contributed by atoms with Crippen molar-refractivity contribution in [2.75, 3.05) is 7.11 Å². The minimum Gasteiger partial charge on any atom is -0.497 e. The first kappa shape index (κ1) is 12.2. The third kappa shape index (κ3) is 2.61. The van der Waals surface area contributed by atoms with Crippen molar-refractivity contribution in [1.29, 1.82) is 0 Å². The molecule has 0 aromatic heterocycles. The zero-order valence-electron chi connectivity index (χ0n) is 10.5. The summed E-state index contributed by atoms with van der Waals surface area (Å²) in [4.78, 5) is 10.4. The molecule has 3 rings (SSSR count). The van der Waals surface area contributed by atoms with E-state index in [1.807, 2.05) is 54.6 Å². The highest BCUT2D eigenvalue weighted by molar-refractivity contribution is 5.28. The molecule has 4 heteroatoms. The van der Waals surface area contributed by atoms with Crippen molar-refractivity contribution in [3.8, 4) is 5.75 Å². The predicted molar refractivity (Wildman–Crippen MR) is 68.2 cm³/mol. The van der Waals surface area contributed by atoms with Crippen LogP contribution in [0.25, 0.3) is 0 Å². The Morgan fingerprint density at radius 2 is 1.37 bits per heavy atom. The molecule has 1 saturated heterocycles. The highest BCUT2D eigenvalue weighted by Gasteiger charge is 2.30. The van der Waals surface area contributed by atoms with Gasteiger partial charge in [-0.25, -0.2) is 0 Å². The van der Waals surface area contributed by atoms with Crippen LogP contribution in [0.4, 0.5) is 0 Å². The van der Waals surface area contributed by atoms with E-state index in [0.29, 0.717) is 0 Å². The van der Waals surface area contributed by atoms with Crippen LogP contribution in [0.1, 0.15) is 23.7 Å². The average Bonchev–Trinajstić information content (AvgIpc) is 2.98. The molecule has 0 radical (unpaired) electrons. The Kier molecular flexibility index (Phi) is 3.46. The van der Waals surface area contributed by atoms with Crippen LogP contribution in [0.3, 0.4) is 0 Å². The van der Waals surface area contributed by atoms with Crippen molar-refractivity contribution in [2.24, 2.45) is 0 Å². The molecule has 1 aliphatic heterocycles. The maximum Gasteiger partial charge on any atom is 0.220 e. The van der Waals surface area contributed by atoms with Gasteiger partial charge in [0.05, 0.1) is 7.11 Å². The van der Waals surface area contributed by atoms with E-state index >= 15 is 0 Å². The average molecular weight is 258 g/mol. The minimum atomic E-state index is -0.517. The Hall–Kier alpha value is -1.88. The van der Waals surface area contributed by atoms with Crippen molar-refractivity contribution < 1.29 is 19.2 Å². The van der Waals surface area contributed by atoms with E-state index in [-0.39, 0.29) is 0 Å². The lowest BCUT2D eigenvalue weighted by Crippen LogP contribution is -2.00. The minimum absolute atomic E-state index is 0.492. The fourth-order valence-electron chi connectivity index (χ4n) is 1.90.